The van der Waals surface area contributed by atoms with Gasteiger partial charge in [0.15, 0.2) is 0 Å². The van der Waals surface area contributed by atoms with Gasteiger partial charge in [0.2, 0.25) is 0 Å². The molecule has 1 aliphatic rings. The number of nitrogens with one attached hydrogen (secondary N) is 3. The zero-order valence-corrected chi connectivity index (χ0v) is 7.84. The molecule has 72 valence electrons. The van der Waals surface area contributed by atoms with E-state index in [2.05, 4.69) is 21.7 Å². The number of aromatic nitrogens is 1. The molecule has 1 aromatic rings. The van der Waals surface area contributed by atoms with E-state index < -0.39 is 0 Å². The van der Waals surface area contributed by atoms with Gasteiger partial charge in [-0.2, -0.15) is 0 Å². The van der Waals surface area contributed by atoms with Gasteiger partial charge >= 0.3 is 0 Å². The molecule has 3 heteroatoms. The molecule has 1 fully saturated rings. The van der Waals surface area contributed by atoms with Crippen molar-refractivity contribution in [2.45, 2.75) is 25.3 Å². The molecule has 3 N–H and O–H groups in total. The highest BCUT2D eigenvalue weighted by atomic mass is 15.0. The fourth-order valence-corrected chi connectivity index (χ4v) is 1.83. The molecule has 2 heterocycles. The van der Waals surface area contributed by atoms with Crippen LogP contribution in [0.2, 0.25) is 0 Å². The summed E-state index contributed by atoms with van der Waals surface area (Å²) in [6, 6.07) is 2.80. The van der Waals surface area contributed by atoms with Crippen LogP contribution in [0.1, 0.15) is 19.3 Å². The van der Waals surface area contributed by atoms with Gasteiger partial charge in [0.25, 0.3) is 0 Å². The summed E-state index contributed by atoms with van der Waals surface area (Å²) in [6.45, 7) is 2.27. The SMILES string of the molecule is c1cc(NCCC2CCCN2)c[nH]1. The van der Waals surface area contributed by atoms with Crippen LogP contribution in [0.15, 0.2) is 18.5 Å². The topological polar surface area (TPSA) is 39.8 Å². The molecule has 3 nitrogen and oxygen atoms in total. The van der Waals surface area contributed by atoms with Crippen molar-refractivity contribution in [1.29, 1.82) is 0 Å². The summed E-state index contributed by atoms with van der Waals surface area (Å²) in [6.07, 6.45) is 7.84. The maximum absolute atomic E-state index is 3.49. The molecule has 0 aromatic carbocycles. The van der Waals surface area contributed by atoms with Gasteiger partial charge in [-0.15, -0.1) is 0 Å². The molecule has 1 atom stereocenters. The summed E-state index contributed by atoms with van der Waals surface area (Å²) in [5.41, 5.74) is 1.19. The third kappa shape index (κ3) is 2.49. The van der Waals surface area contributed by atoms with Crippen molar-refractivity contribution >= 4 is 5.69 Å². The minimum absolute atomic E-state index is 0.742. The van der Waals surface area contributed by atoms with E-state index in [1.807, 2.05) is 12.4 Å². The summed E-state index contributed by atoms with van der Waals surface area (Å²) in [7, 11) is 0. The largest absolute Gasteiger partial charge is 0.384 e. The summed E-state index contributed by atoms with van der Waals surface area (Å²) in [5.74, 6) is 0. The van der Waals surface area contributed by atoms with E-state index in [9.17, 15) is 0 Å². The standard InChI is InChI=1S/C10H17N3/c1-2-9(12-5-1)4-7-13-10-3-6-11-8-10/h3,6,8-9,11-13H,1-2,4-5,7H2. The fourth-order valence-electron chi connectivity index (χ4n) is 1.83. The zero-order chi connectivity index (χ0) is 8.93. The Bertz CT molecular complexity index is 224. The molecule has 1 saturated heterocycles. The van der Waals surface area contributed by atoms with Crippen LogP contribution in [0.4, 0.5) is 5.69 Å². The molecular weight excluding hydrogens is 162 g/mol. The van der Waals surface area contributed by atoms with E-state index in [0.717, 1.165) is 12.6 Å². The first kappa shape index (κ1) is 8.63. The number of aromatic amines is 1. The van der Waals surface area contributed by atoms with Gasteiger partial charge in [-0.25, -0.2) is 0 Å². The second-order valence-corrected chi connectivity index (χ2v) is 3.61. The van der Waals surface area contributed by atoms with Gasteiger partial charge < -0.3 is 15.6 Å². The highest BCUT2D eigenvalue weighted by molar-refractivity contribution is 5.39. The van der Waals surface area contributed by atoms with Crippen LogP contribution in [0.25, 0.3) is 0 Å². The van der Waals surface area contributed by atoms with Gasteiger partial charge in [0.1, 0.15) is 0 Å². The van der Waals surface area contributed by atoms with Crippen LogP contribution in [0.5, 0.6) is 0 Å². The lowest BCUT2D eigenvalue weighted by Gasteiger charge is -2.10. The molecule has 1 unspecified atom stereocenters. The minimum Gasteiger partial charge on any atom is -0.384 e. The predicted molar refractivity (Wildman–Crippen MR) is 54.9 cm³/mol. The first-order chi connectivity index (χ1) is 6.45. The molecule has 0 amide bonds. The molecule has 0 radical (unpaired) electrons. The first-order valence-corrected chi connectivity index (χ1v) is 5.05. The second-order valence-electron chi connectivity index (χ2n) is 3.61. The van der Waals surface area contributed by atoms with Crippen molar-refractivity contribution in [3.63, 3.8) is 0 Å². The van der Waals surface area contributed by atoms with E-state index in [0.29, 0.717) is 0 Å². The highest BCUT2D eigenvalue weighted by Crippen LogP contribution is 2.09. The van der Waals surface area contributed by atoms with Gasteiger partial charge in [-0.05, 0) is 31.9 Å². The minimum atomic E-state index is 0.742. The number of hydrogen-bond acceptors (Lipinski definition) is 2. The Kier molecular flexibility index (Phi) is 2.87. The zero-order valence-electron chi connectivity index (χ0n) is 7.84. The number of rotatable bonds is 4. The van der Waals surface area contributed by atoms with Crippen molar-refractivity contribution in [2.24, 2.45) is 0 Å². The third-order valence-corrected chi connectivity index (χ3v) is 2.58. The summed E-state index contributed by atoms with van der Waals surface area (Å²) in [5, 5.41) is 6.87. The normalized spacial score (nSPS) is 22.0. The van der Waals surface area contributed by atoms with Crippen molar-refractivity contribution in [3.8, 4) is 0 Å². The Morgan fingerprint density at radius 3 is 3.23 bits per heavy atom. The van der Waals surface area contributed by atoms with Crippen molar-refractivity contribution in [3.05, 3.63) is 18.5 Å². The lowest BCUT2D eigenvalue weighted by Crippen LogP contribution is -2.23. The quantitative estimate of drug-likeness (QED) is 0.656. The molecule has 0 bridgehead atoms. The Morgan fingerprint density at radius 2 is 2.54 bits per heavy atom. The predicted octanol–water partition coefficient (Wildman–Crippen LogP) is 1.57. The average molecular weight is 179 g/mol. The number of anilines is 1. The average Bonchev–Trinajstić information content (AvgIpc) is 2.75. The lowest BCUT2D eigenvalue weighted by atomic mass is 10.1. The smallest absolute Gasteiger partial charge is 0.0517 e. The Hall–Kier alpha value is -0.960. The first-order valence-electron chi connectivity index (χ1n) is 5.05. The van der Waals surface area contributed by atoms with E-state index in [1.54, 1.807) is 0 Å². The van der Waals surface area contributed by atoms with Crippen LogP contribution in [-0.4, -0.2) is 24.1 Å². The molecule has 13 heavy (non-hydrogen) atoms. The summed E-state index contributed by atoms with van der Waals surface area (Å²) in [4.78, 5) is 3.03. The number of H-pyrrole nitrogens is 1. The molecule has 2 rings (SSSR count). The molecule has 0 saturated carbocycles. The Balaban J connectivity index is 1.63. The molecule has 0 aliphatic carbocycles. The van der Waals surface area contributed by atoms with E-state index in [-0.39, 0.29) is 0 Å². The fraction of sp³-hybridized carbons (Fsp3) is 0.600. The van der Waals surface area contributed by atoms with Crippen LogP contribution in [0.3, 0.4) is 0 Å². The number of hydrogen-bond donors (Lipinski definition) is 3. The van der Waals surface area contributed by atoms with Crippen molar-refractivity contribution in [2.75, 3.05) is 18.4 Å². The maximum atomic E-state index is 3.49. The maximum Gasteiger partial charge on any atom is 0.0517 e. The van der Waals surface area contributed by atoms with Gasteiger partial charge in [-0.1, -0.05) is 0 Å². The van der Waals surface area contributed by atoms with E-state index in [4.69, 9.17) is 0 Å². The van der Waals surface area contributed by atoms with Crippen molar-refractivity contribution < 1.29 is 0 Å². The lowest BCUT2D eigenvalue weighted by molar-refractivity contribution is 0.574. The van der Waals surface area contributed by atoms with Crippen LogP contribution in [-0.2, 0) is 0 Å². The van der Waals surface area contributed by atoms with Crippen molar-refractivity contribution in [1.82, 2.24) is 10.3 Å². The molecule has 1 aliphatic heterocycles. The Morgan fingerprint density at radius 1 is 1.54 bits per heavy atom. The summed E-state index contributed by atoms with van der Waals surface area (Å²) >= 11 is 0. The van der Waals surface area contributed by atoms with Gasteiger partial charge in [-0.3, -0.25) is 0 Å². The Labute approximate surface area is 78.9 Å². The van der Waals surface area contributed by atoms with E-state index >= 15 is 0 Å². The van der Waals surface area contributed by atoms with Gasteiger partial charge in [0.05, 0.1) is 5.69 Å². The van der Waals surface area contributed by atoms with E-state index in [1.165, 1.54) is 31.5 Å². The third-order valence-electron chi connectivity index (χ3n) is 2.58. The highest BCUT2D eigenvalue weighted by Gasteiger charge is 2.12. The van der Waals surface area contributed by atoms with Gasteiger partial charge in [0, 0.05) is 25.0 Å². The van der Waals surface area contributed by atoms with Crippen LogP contribution < -0.4 is 10.6 Å². The van der Waals surface area contributed by atoms with Crippen LogP contribution in [0, 0.1) is 0 Å². The molecule has 1 aromatic heterocycles. The van der Waals surface area contributed by atoms with Crippen LogP contribution >= 0.6 is 0 Å². The second kappa shape index (κ2) is 4.33. The molecule has 0 spiro atoms. The summed E-state index contributed by atoms with van der Waals surface area (Å²) < 4.78 is 0. The molecular formula is C10H17N3. The monoisotopic (exact) mass is 179 g/mol.